The first-order chi connectivity index (χ1) is 15.1. The number of methoxy groups -OCH3 is 1. The van der Waals surface area contributed by atoms with Crippen molar-refractivity contribution in [1.82, 2.24) is 4.98 Å². The summed E-state index contributed by atoms with van der Waals surface area (Å²) in [6, 6.07) is 14.8. The van der Waals surface area contributed by atoms with Crippen LogP contribution in [-0.2, 0) is 6.42 Å². The minimum atomic E-state index is -1.09. The number of hydrogen-bond donors (Lipinski definition) is 1. The van der Waals surface area contributed by atoms with E-state index in [1.807, 2.05) is 12.1 Å². The van der Waals surface area contributed by atoms with Crippen molar-refractivity contribution in [2.24, 2.45) is 0 Å². The maximum Gasteiger partial charge on any atom is 0.354 e. The van der Waals surface area contributed by atoms with Gasteiger partial charge in [-0.2, -0.15) is 0 Å². The summed E-state index contributed by atoms with van der Waals surface area (Å²) in [5.41, 5.74) is 1.78. The lowest BCUT2D eigenvalue weighted by Crippen LogP contribution is -2.01. The highest BCUT2D eigenvalue weighted by molar-refractivity contribution is 5.93. The Kier molecular flexibility index (Phi) is 8.27. The molecule has 0 fully saturated rings. The topological polar surface area (TPSA) is 68.7 Å². The fourth-order valence-electron chi connectivity index (χ4n) is 3.63. The van der Waals surface area contributed by atoms with Gasteiger partial charge in [0.05, 0.1) is 12.6 Å². The average molecular weight is 422 g/mol. The van der Waals surface area contributed by atoms with Crippen LogP contribution in [0.2, 0.25) is 0 Å². The molecule has 5 heteroatoms. The first-order valence-electron chi connectivity index (χ1n) is 11.1. The van der Waals surface area contributed by atoms with Gasteiger partial charge in [0, 0.05) is 11.5 Å². The second-order valence-electron chi connectivity index (χ2n) is 7.81. The fourth-order valence-corrected chi connectivity index (χ4v) is 3.63. The number of unbranched alkanes of at least 4 members (excludes halogenated alkanes) is 6. The Bertz CT molecular complexity index is 998. The Labute approximate surface area is 184 Å². The van der Waals surface area contributed by atoms with E-state index in [0.717, 1.165) is 6.42 Å². The molecule has 0 bridgehead atoms. The van der Waals surface area contributed by atoms with E-state index >= 15 is 0 Å². The summed E-state index contributed by atoms with van der Waals surface area (Å²) in [5, 5.41) is 10.1. The number of nitrogens with zero attached hydrogens (tertiary/aromatic N) is 1. The molecule has 2 aromatic carbocycles. The van der Waals surface area contributed by atoms with Gasteiger partial charge in [-0.1, -0.05) is 57.6 Å². The van der Waals surface area contributed by atoms with Gasteiger partial charge >= 0.3 is 5.97 Å². The van der Waals surface area contributed by atoms with E-state index in [0.29, 0.717) is 28.2 Å². The minimum Gasteiger partial charge on any atom is -0.497 e. The molecule has 5 nitrogen and oxygen atoms in total. The van der Waals surface area contributed by atoms with Crippen molar-refractivity contribution in [2.75, 3.05) is 7.11 Å². The van der Waals surface area contributed by atoms with Crippen molar-refractivity contribution in [2.45, 2.75) is 58.3 Å². The Morgan fingerprint density at radius 3 is 2.26 bits per heavy atom. The number of rotatable bonds is 12. The van der Waals surface area contributed by atoms with E-state index in [-0.39, 0.29) is 5.69 Å². The molecular formula is C26H31NO4. The molecule has 0 saturated carbocycles. The molecule has 1 N–H and O–H groups in total. The van der Waals surface area contributed by atoms with Gasteiger partial charge in [-0.25, -0.2) is 9.78 Å². The maximum atomic E-state index is 11.5. The Balaban J connectivity index is 1.67. The Morgan fingerprint density at radius 1 is 0.903 bits per heavy atom. The van der Waals surface area contributed by atoms with Crippen LogP contribution in [0.3, 0.4) is 0 Å². The molecule has 0 unspecified atom stereocenters. The number of aromatic carboxylic acids is 1. The number of carboxylic acid groups (broad SMARTS) is 1. The number of aromatic nitrogens is 1. The number of benzene rings is 2. The molecule has 3 rings (SSSR count). The number of ether oxygens (including phenoxy) is 2. The third kappa shape index (κ3) is 6.45. The summed E-state index contributed by atoms with van der Waals surface area (Å²) >= 11 is 0. The first-order valence-corrected chi connectivity index (χ1v) is 11.1. The van der Waals surface area contributed by atoms with E-state index < -0.39 is 5.97 Å². The molecule has 0 aliphatic rings. The van der Waals surface area contributed by atoms with Crippen LogP contribution in [0.4, 0.5) is 0 Å². The van der Waals surface area contributed by atoms with Gasteiger partial charge in [0.25, 0.3) is 0 Å². The largest absolute Gasteiger partial charge is 0.497 e. The number of hydrogen-bond acceptors (Lipinski definition) is 4. The lowest BCUT2D eigenvalue weighted by Gasteiger charge is -2.11. The number of aryl methyl sites for hydroxylation is 1. The quantitative estimate of drug-likeness (QED) is 0.318. The lowest BCUT2D eigenvalue weighted by molar-refractivity contribution is 0.0690. The molecule has 1 aromatic heterocycles. The van der Waals surface area contributed by atoms with E-state index in [9.17, 15) is 9.90 Å². The highest BCUT2D eigenvalue weighted by atomic mass is 16.5. The summed E-state index contributed by atoms with van der Waals surface area (Å²) in [5.74, 6) is 0.677. The molecule has 1 heterocycles. The number of carbonyl (C=O) groups is 1. The molecule has 0 aliphatic heterocycles. The summed E-state index contributed by atoms with van der Waals surface area (Å²) in [6.07, 6.45) is 10.2. The third-order valence-electron chi connectivity index (χ3n) is 5.42. The molecule has 0 amide bonds. The second-order valence-corrected chi connectivity index (χ2v) is 7.81. The molecular weight excluding hydrogens is 390 g/mol. The second kappa shape index (κ2) is 11.3. The van der Waals surface area contributed by atoms with E-state index in [4.69, 9.17) is 9.47 Å². The van der Waals surface area contributed by atoms with Crippen molar-refractivity contribution in [1.29, 1.82) is 0 Å². The molecule has 0 spiro atoms. The normalized spacial score (nSPS) is 10.9. The molecule has 0 radical (unpaired) electrons. The first kappa shape index (κ1) is 22.6. The van der Waals surface area contributed by atoms with E-state index in [2.05, 4.69) is 24.0 Å². The van der Waals surface area contributed by atoms with Gasteiger partial charge in [-0.05, 0) is 48.7 Å². The summed E-state index contributed by atoms with van der Waals surface area (Å²) in [6.45, 7) is 2.24. The molecule has 0 aliphatic carbocycles. The predicted octanol–water partition coefficient (Wildman–Crippen LogP) is 7.03. The monoisotopic (exact) mass is 421 g/mol. The lowest BCUT2D eigenvalue weighted by atomic mass is 10.0. The van der Waals surface area contributed by atoms with Crippen molar-refractivity contribution >= 4 is 16.9 Å². The van der Waals surface area contributed by atoms with Crippen LogP contribution < -0.4 is 9.47 Å². The minimum absolute atomic E-state index is 0.0526. The third-order valence-corrected chi connectivity index (χ3v) is 5.42. The van der Waals surface area contributed by atoms with Crippen molar-refractivity contribution in [3.63, 3.8) is 0 Å². The molecule has 0 atom stereocenters. The smallest absolute Gasteiger partial charge is 0.354 e. The van der Waals surface area contributed by atoms with Crippen LogP contribution in [0.25, 0.3) is 10.9 Å². The van der Waals surface area contributed by atoms with Crippen LogP contribution in [0.1, 0.15) is 67.9 Å². The Morgan fingerprint density at radius 2 is 1.58 bits per heavy atom. The van der Waals surface area contributed by atoms with Crippen molar-refractivity contribution in [3.8, 4) is 17.2 Å². The van der Waals surface area contributed by atoms with Crippen LogP contribution in [0.15, 0.2) is 48.5 Å². The summed E-state index contributed by atoms with van der Waals surface area (Å²) < 4.78 is 11.4. The summed E-state index contributed by atoms with van der Waals surface area (Å²) in [4.78, 5) is 15.7. The van der Waals surface area contributed by atoms with Crippen LogP contribution >= 0.6 is 0 Å². The highest BCUT2D eigenvalue weighted by Crippen LogP contribution is 2.32. The fraction of sp³-hybridized carbons (Fsp3) is 0.385. The highest BCUT2D eigenvalue weighted by Gasteiger charge is 2.13. The maximum absolute atomic E-state index is 11.5. The van der Waals surface area contributed by atoms with Gasteiger partial charge in [0.2, 0.25) is 0 Å². The van der Waals surface area contributed by atoms with Crippen LogP contribution in [0.5, 0.6) is 17.2 Å². The standard InChI is InChI=1S/C26H31NO4/c1-3-4-5-6-7-8-9-10-19-11-13-20(14-12-19)31-25-18-24(26(28)29)27-23-16-15-21(30-2)17-22(23)25/h11-18H,3-10H2,1-2H3,(H,28,29). The molecule has 164 valence electrons. The van der Waals surface area contributed by atoms with Crippen LogP contribution in [0, 0.1) is 0 Å². The average Bonchev–Trinajstić information content (AvgIpc) is 2.79. The Hall–Kier alpha value is -3.08. The number of carboxylic acids is 1. The zero-order chi connectivity index (χ0) is 22.1. The van der Waals surface area contributed by atoms with Gasteiger partial charge < -0.3 is 14.6 Å². The van der Waals surface area contributed by atoms with Crippen molar-refractivity contribution in [3.05, 3.63) is 59.8 Å². The van der Waals surface area contributed by atoms with E-state index in [1.165, 1.54) is 56.6 Å². The van der Waals surface area contributed by atoms with Gasteiger partial charge in [-0.15, -0.1) is 0 Å². The van der Waals surface area contributed by atoms with Gasteiger partial charge in [0.15, 0.2) is 5.69 Å². The summed E-state index contributed by atoms with van der Waals surface area (Å²) in [7, 11) is 1.59. The van der Waals surface area contributed by atoms with Crippen molar-refractivity contribution < 1.29 is 19.4 Å². The predicted molar refractivity (Wildman–Crippen MR) is 123 cm³/mol. The molecule has 0 saturated heterocycles. The van der Waals surface area contributed by atoms with E-state index in [1.54, 1.807) is 25.3 Å². The SMILES string of the molecule is CCCCCCCCCc1ccc(Oc2cc(C(=O)O)nc3ccc(OC)cc23)cc1. The number of fused-ring (bicyclic) bond motifs is 1. The molecule has 31 heavy (non-hydrogen) atoms. The molecule has 3 aromatic rings. The van der Waals surface area contributed by atoms with Crippen LogP contribution in [-0.4, -0.2) is 23.2 Å². The zero-order valence-corrected chi connectivity index (χ0v) is 18.4. The van der Waals surface area contributed by atoms with Gasteiger partial charge in [0.1, 0.15) is 17.2 Å². The number of pyridine rings is 1. The zero-order valence-electron chi connectivity index (χ0n) is 18.4. The van der Waals surface area contributed by atoms with Gasteiger partial charge in [-0.3, -0.25) is 0 Å².